The number of hydrogen-bond donors (Lipinski definition) is 1. The normalized spacial score (nSPS) is 15.6. The van der Waals surface area contributed by atoms with Gasteiger partial charge in [0.05, 0.1) is 5.39 Å². The highest BCUT2D eigenvalue weighted by atomic mass is 32.1. The van der Waals surface area contributed by atoms with Crippen LogP contribution in [0.2, 0.25) is 0 Å². The Balaban J connectivity index is 1.51. The van der Waals surface area contributed by atoms with E-state index < -0.39 is 0 Å². The minimum Gasteiger partial charge on any atom is -0.339 e. The van der Waals surface area contributed by atoms with Crippen molar-refractivity contribution in [1.82, 2.24) is 20.1 Å². The van der Waals surface area contributed by atoms with E-state index in [1.54, 1.807) is 11.3 Å². The molecular formula is C17H20N4O2S. The highest BCUT2D eigenvalue weighted by Crippen LogP contribution is 2.32. The van der Waals surface area contributed by atoms with Gasteiger partial charge in [-0.3, -0.25) is 4.79 Å². The predicted octanol–water partition coefficient (Wildman–Crippen LogP) is 3.43. The number of hydrogen-bond acceptors (Lipinski definition) is 6. The lowest BCUT2D eigenvalue weighted by molar-refractivity contribution is 0.369. The van der Waals surface area contributed by atoms with Crippen LogP contribution in [0.1, 0.15) is 59.6 Å². The molecule has 4 rings (SSSR count). The zero-order valence-corrected chi connectivity index (χ0v) is 14.7. The van der Waals surface area contributed by atoms with Gasteiger partial charge in [0, 0.05) is 23.6 Å². The summed E-state index contributed by atoms with van der Waals surface area (Å²) in [6.07, 6.45) is 5.99. The van der Waals surface area contributed by atoms with E-state index in [2.05, 4.69) is 20.1 Å². The fourth-order valence-electron chi connectivity index (χ4n) is 3.36. The van der Waals surface area contributed by atoms with Crippen molar-refractivity contribution in [3.8, 4) is 0 Å². The predicted molar refractivity (Wildman–Crippen MR) is 92.6 cm³/mol. The van der Waals surface area contributed by atoms with Gasteiger partial charge in [0.2, 0.25) is 5.89 Å². The number of aromatic nitrogens is 4. The van der Waals surface area contributed by atoms with Crippen molar-refractivity contribution < 1.29 is 4.52 Å². The van der Waals surface area contributed by atoms with Crippen LogP contribution in [0.4, 0.5) is 0 Å². The van der Waals surface area contributed by atoms with Crippen LogP contribution in [0.25, 0.3) is 10.2 Å². The second-order valence-electron chi connectivity index (χ2n) is 6.50. The summed E-state index contributed by atoms with van der Waals surface area (Å²) in [5.74, 6) is 2.59. The van der Waals surface area contributed by atoms with Gasteiger partial charge in [-0.15, -0.1) is 11.3 Å². The molecule has 0 unspecified atom stereocenters. The van der Waals surface area contributed by atoms with Crippen LogP contribution in [0.15, 0.2) is 9.32 Å². The van der Waals surface area contributed by atoms with Crippen molar-refractivity contribution in [2.75, 3.05) is 0 Å². The summed E-state index contributed by atoms with van der Waals surface area (Å²) in [5.41, 5.74) is 0.961. The molecular weight excluding hydrogens is 324 g/mol. The molecule has 1 aliphatic rings. The van der Waals surface area contributed by atoms with Crippen LogP contribution in [-0.4, -0.2) is 20.1 Å². The number of nitrogens with one attached hydrogen (secondary N) is 1. The lowest BCUT2D eigenvalue weighted by atomic mass is 10.1. The number of aromatic amines is 1. The van der Waals surface area contributed by atoms with Gasteiger partial charge in [-0.05, 0) is 32.3 Å². The topological polar surface area (TPSA) is 84.7 Å². The third kappa shape index (κ3) is 2.77. The Labute approximate surface area is 143 Å². The highest BCUT2D eigenvalue weighted by Gasteiger charge is 2.22. The van der Waals surface area contributed by atoms with E-state index >= 15 is 0 Å². The van der Waals surface area contributed by atoms with Gasteiger partial charge < -0.3 is 9.51 Å². The largest absolute Gasteiger partial charge is 0.339 e. The molecule has 0 amide bonds. The molecule has 1 N–H and O–H groups in total. The summed E-state index contributed by atoms with van der Waals surface area (Å²) in [7, 11) is 0. The van der Waals surface area contributed by atoms with Crippen LogP contribution in [0.3, 0.4) is 0 Å². The molecule has 1 aliphatic carbocycles. The number of rotatable bonds is 4. The van der Waals surface area contributed by atoms with E-state index in [-0.39, 0.29) is 5.56 Å². The average Bonchev–Trinajstić information content (AvgIpc) is 3.27. The minimum atomic E-state index is -0.0611. The smallest absolute Gasteiger partial charge is 0.259 e. The van der Waals surface area contributed by atoms with Crippen molar-refractivity contribution in [2.24, 2.45) is 0 Å². The highest BCUT2D eigenvalue weighted by molar-refractivity contribution is 7.18. The molecule has 3 aromatic rings. The summed E-state index contributed by atoms with van der Waals surface area (Å²) >= 11 is 1.57. The fraction of sp³-hybridized carbons (Fsp3) is 0.529. The molecule has 0 saturated heterocycles. The third-order valence-corrected chi connectivity index (χ3v) is 5.97. The molecule has 0 aliphatic heterocycles. The Kier molecular flexibility index (Phi) is 3.96. The number of H-pyrrole nitrogens is 1. The second kappa shape index (κ2) is 6.12. The van der Waals surface area contributed by atoms with Crippen molar-refractivity contribution in [2.45, 2.75) is 58.3 Å². The van der Waals surface area contributed by atoms with Crippen LogP contribution >= 0.6 is 11.3 Å². The van der Waals surface area contributed by atoms with E-state index in [9.17, 15) is 4.79 Å². The third-order valence-electron chi connectivity index (χ3n) is 4.87. The first-order valence-corrected chi connectivity index (χ1v) is 9.25. The molecule has 0 atom stereocenters. The fourth-order valence-corrected chi connectivity index (χ4v) is 4.41. The zero-order valence-electron chi connectivity index (χ0n) is 13.9. The molecule has 3 heterocycles. The maximum absolute atomic E-state index is 12.3. The molecule has 6 nitrogen and oxygen atoms in total. The first-order valence-electron chi connectivity index (χ1n) is 8.43. The summed E-state index contributed by atoms with van der Waals surface area (Å²) in [6, 6.07) is 0. The Hall–Kier alpha value is -2.02. The SMILES string of the molecule is Cc1sc2nc(CCc3nc(C4CCCC4)no3)[nH]c(=O)c2c1C. The minimum absolute atomic E-state index is 0.0611. The quantitative estimate of drug-likeness (QED) is 0.784. The van der Waals surface area contributed by atoms with Crippen molar-refractivity contribution in [3.05, 3.63) is 38.3 Å². The van der Waals surface area contributed by atoms with Gasteiger partial charge in [-0.25, -0.2) is 4.98 Å². The molecule has 1 fully saturated rings. The standard InChI is InChI=1S/C17H20N4O2S/c1-9-10(2)24-17-14(9)16(22)18-12(19-17)7-8-13-20-15(21-23-13)11-5-3-4-6-11/h11H,3-8H2,1-2H3,(H,18,19,22). The summed E-state index contributed by atoms with van der Waals surface area (Å²) < 4.78 is 5.36. The first-order chi connectivity index (χ1) is 11.6. The van der Waals surface area contributed by atoms with Crippen LogP contribution < -0.4 is 5.56 Å². The monoisotopic (exact) mass is 344 g/mol. The molecule has 7 heteroatoms. The lowest BCUT2D eigenvalue weighted by Crippen LogP contribution is -2.12. The van der Waals surface area contributed by atoms with E-state index in [0.29, 0.717) is 35.9 Å². The van der Waals surface area contributed by atoms with E-state index in [1.165, 1.54) is 12.8 Å². The summed E-state index contributed by atoms with van der Waals surface area (Å²) in [4.78, 5) is 26.2. The second-order valence-corrected chi connectivity index (χ2v) is 7.71. The first kappa shape index (κ1) is 15.5. The zero-order chi connectivity index (χ0) is 16.7. The molecule has 3 aromatic heterocycles. The van der Waals surface area contributed by atoms with Crippen molar-refractivity contribution in [3.63, 3.8) is 0 Å². The summed E-state index contributed by atoms with van der Waals surface area (Å²) in [6.45, 7) is 3.98. The Morgan fingerprint density at radius 3 is 2.79 bits per heavy atom. The maximum atomic E-state index is 12.3. The Bertz CT molecular complexity index is 934. The molecule has 126 valence electrons. The van der Waals surface area contributed by atoms with Crippen molar-refractivity contribution in [1.29, 1.82) is 0 Å². The van der Waals surface area contributed by atoms with E-state index in [1.807, 2.05) is 13.8 Å². The van der Waals surface area contributed by atoms with Gasteiger partial charge in [0.1, 0.15) is 10.7 Å². The van der Waals surface area contributed by atoms with Gasteiger partial charge in [-0.1, -0.05) is 18.0 Å². The molecule has 0 aromatic carbocycles. The number of aryl methyl sites for hydroxylation is 4. The molecule has 0 radical (unpaired) electrons. The molecule has 0 bridgehead atoms. The Morgan fingerprint density at radius 1 is 1.21 bits per heavy atom. The number of thiophene rings is 1. The van der Waals surface area contributed by atoms with Crippen molar-refractivity contribution >= 4 is 21.6 Å². The van der Waals surface area contributed by atoms with Crippen LogP contribution in [-0.2, 0) is 12.8 Å². The van der Waals surface area contributed by atoms with Gasteiger partial charge in [0.25, 0.3) is 5.56 Å². The van der Waals surface area contributed by atoms with Crippen LogP contribution in [0.5, 0.6) is 0 Å². The van der Waals surface area contributed by atoms with Crippen LogP contribution in [0, 0.1) is 13.8 Å². The number of nitrogens with zero attached hydrogens (tertiary/aromatic N) is 3. The van der Waals surface area contributed by atoms with Gasteiger partial charge >= 0.3 is 0 Å². The molecule has 0 spiro atoms. The van der Waals surface area contributed by atoms with E-state index in [0.717, 1.165) is 33.9 Å². The number of fused-ring (bicyclic) bond motifs is 1. The molecule has 1 saturated carbocycles. The average molecular weight is 344 g/mol. The maximum Gasteiger partial charge on any atom is 0.259 e. The molecule has 24 heavy (non-hydrogen) atoms. The Morgan fingerprint density at radius 2 is 2.00 bits per heavy atom. The summed E-state index contributed by atoms with van der Waals surface area (Å²) in [5, 5.41) is 4.83. The van der Waals surface area contributed by atoms with Gasteiger partial charge in [-0.2, -0.15) is 4.98 Å². The van der Waals surface area contributed by atoms with E-state index in [4.69, 9.17) is 4.52 Å². The van der Waals surface area contributed by atoms with Gasteiger partial charge in [0.15, 0.2) is 5.82 Å². The lowest BCUT2D eigenvalue weighted by Gasteiger charge is -2.00.